The minimum Gasteiger partial charge on any atom is -0.462 e. The Balaban J connectivity index is 4.42. The quantitative estimate of drug-likeness (QED) is 0.0200. The van der Waals surface area contributed by atoms with Crippen LogP contribution in [0, 0.1) is 0 Å². The van der Waals surface area contributed by atoms with Gasteiger partial charge in [0.1, 0.15) is 12.7 Å². The van der Waals surface area contributed by atoms with Crippen LogP contribution in [0.3, 0.4) is 0 Å². The molecule has 0 aliphatic heterocycles. The molecule has 334 valence electrons. The molecule has 58 heavy (non-hydrogen) atoms. The largest absolute Gasteiger partial charge is 0.472 e. The molecule has 0 fully saturated rings. The fourth-order valence-corrected chi connectivity index (χ4v) is 6.29. The molecule has 0 aliphatic rings. The molecule has 0 bridgehead atoms. The van der Waals surface area contributed by atoms with Crippen molar-refractivity contribution < 1.29 is 52.9 Å². The summed E-state index contributed by atoms with van der Waals surface area (Å²) >= 11 is 0. The molecule has 0 saturated heterocycles. The third-order valence-corrected chi connectivity index (χ3v) is 9.84. The highest BCUT2D eigenvalue weighted by Gasteiger charge is 2.27. The van der Waals surface area contributed by atoms with Crippen LogP contribution in [0.15, 0.2) is 72.9 Å². The Labute approximate surface area is 351 Å². The van der Waals surface area contributed by atoms with Gasteiger partial charge in [0.05, 0.1) is 25.9 Å². The molecule has 0 amide bonds. The molecule has 0 rings (SSSR count). The van der Waals surface area contributed by atoms with Crippen LogP contribution in [0.1, 0.15) is 162 Å². The van der Waals surface area contributed by atoms with Gasteiger partial charge in [-0.15, -0.1) is 0 Å². The number of hydrogen-bond acceptors (Lipinski definition) is 10. The normalized spacial score (nSPS) is 15.1. The summed E-state index contributed by atoms with van der Waals surface area (Å²) in [7, 11) is -4.64. The molecular weight excluding hydrogens is 759 g/mol. The zero-order valence-electron chi connectivity index (χ0n) is 35.8. The summed E-state index contributed by atoms with van der Waals surface area (Å²) in [5.41, 5.74) is 0. The number of esters is 2. The number of carbonyl (C=O) groups is 2. The second-order valence-corrected chi connectivity index (χ2v) is 16.0. The Kier molecular flexibility index (Phi) is 39.3. The van der Waals surface area contributed by atoms with Gasteiger partial charge in [0.15, 0.2) is 6.10 Å². The molecule has 11 nitrogen and oxygen atoms in total. The molecule has 0 spiro atoms. The number of unbranched alkanes of at least 4 members (excludes halogenated alkanes) is 11. The fraction of sp³-hybridized carbons (Fsp3) is 0.696. The minimum absolute atomic E-state index is 0.146. The third kappa shape index (κ3) is 40.2. The Hall–Kier alpha value is -2.63. The number of aliphatic hydroxyl groups is 3. The molecule has 0 aromatic rings. The van der Waals surface area contributed by atoms with Gasteiger partial charge in [-0.1, -0.05) is 138 Å². The summed E-state index contributed by atoms with van der Waals surface area (Å²) < 4.78 is 32.6. The van der Waals surface area contributed by atoms with Gasteiger partial charge >= 0.3 is 19.8 Å². The van der Waals surface area contributed by atoms with Crippen molar-refractivity contribution in [3.63, 3.8) is 0 Å². The molecule has 0 radical (unpaired) electrons. The fourth-order valence-electron chi connectivity index (χ4n) is 5.50. The predicted octanol–water partition coefficient (Wildman–Crippen LogP) is 10.6. The van der Waals surface area contributed by atoms with E-state index in [-0.39, 0.29) is 25.6 Å². The van der Waals surface area contributed by atoms with Gasteiger partial charge < -0.3 is 29.7 Å². The number of hydrogen-bond donors (Lipinski definition) is 4. The van der Waals surface area contributed by atoms with Gasteiger partial charge in [-0.3, -0.25) is 18.6 Å². The SMILES string of the molecule is CCCCC/C=C\C/C=C\CCCCCCCCCC(=O)O[C@H](COC(=O)CCC/C=C\C/C=C\C/C=C\C/C=C\CC(O)CCC)COP(=O)(O)OC[C@@H](O)CO. The van der Waals surface area contributed by atoms with Gasteiger partial charge in [0.2, 0.25) is 0 Å². The van der Waals surface area contributed by atoms with Gasteiger partial charge in [-0.25, -0.2) is 4.57 Å². The molecular formula is C46H79O11P. The summed E-state index contributed by atoms with van der Waals surface area (Å²) in [4.78, 5) is 35.0. The monoisotopic (exact) mass is 839 g/mol. The number of ether oxygens (including phenoxy) is 2. The lowest BCUT2D eigenvalue weighted by molar-refractivity contribution is -0.161. The lowest BCUT2D eigenvalue weighted by Gasteiger charge is -2.20. The first kappa shape index (κ1) is 55.4. The molecule has 0 aliphatic carbocycles. The van der Waals surface area contributed by atoms with Crippen LogP contribution in [0.25, 0.3) is 0 Å². The van der Waals surface area contributed by atoms with Crippen molar-refractivity contribution >= 4 is 19.8 Å². The van der Waals surface area contributed by atoms with E-state index < -0.39 is 51.8 Å². The van der Waals surface area contributed by atoms with E-state index in [1.54, 1.807) is 0 Å². The summed E-state index contributed by atoms with van der Waals surface area (Å²) in [6.45, 7) is 2.06. The molecule has 12 heteroatoms. The van der Waals surface area contributed by atoms with E-state index in [4.69, 9.17) is 19.1 Å². The van der Waals surface area contributed by atoms with Gasteiger partial charge in [0.25, 0.3) is 0 Å². The lowest BCUT2D eigenvalue weighted by Crippen LogP contribution is -2.29. The van der Waals surface area contributed by atoms with Crippen molar-refractivity contribution in [2.45, 2.75) is 180 Å². The molecule has 2 unspecified atom stereocenters. The average molecular weight is 839 g/mol. The number of phosphoric ester groups is 1. The predicted molar refractivity (Wildman–Crippen MR) is 234 cm³/mol. The van der Waals surface area contributed by atoms with Crippen LogP contribution >= 0.6 is 7.82 Å². The number of allylic oxidation sites excluding steroid dienone is 11. The Bertz CT molecular complexity index is 1210. The number of phosphoric acid groups is 1. The van der Waals surface area contributed by atoms with E-state index in [9.17, 15) is 29.3 Å². The van der Waals surface area contributed by atoms with Crippen LogP contribution in [0.5, 0.6) is 0 Å². The molecule has 0 heterocycles. The molecule has 0 saturated carbocycles. The van der Waals surface area contributed by atoms with E-state index in [0.29, 0.717) is 25.7 Å². The van der Waals surface area contributed by atoms with Crippen LogP contribution in [0.4, 0.5) is 0 Å². The standard InChI is InChI=1S/C46H79O11P/c1-3-5-6-7-8-9-10-11-12-13-14-17-21-24-27-30-33-37-46(51)57-44(41-56-58(52,53)55-39-43(49)38-47)40-54-45(50)36-32-29-26-23-20-18-15-16-19-22-25-28-31-35-42(48)34-4-2/h8-9,11-12,15,18-19,22-23,26,28,31,42-44,47-49H,3-7,10,13-14,16-17,20-21,24-25,27,29-30,32-41H2,1-2H3,(H,52,53)/b9-8-,12-11-,18-15-,22-19-,26-23-,31-28-/t42?,43-,44+/m0/s1. The zero-order chi connectivity index (χ0) is 42.8. The number of carbonyl (C=O) groups excluding carboxylic acids is 2. The maximum atomic E-state index is 12.6. The zero-order valence-corrected chi connectivity index (χ0v) is 36.7. The van der Waals surface area contributed by atoms with Gasteiger partial charge in [0, 0.05) is 12.8 Å². The second kappa shape index (κ2) is 41.1. The second-order valence-electron chi connectivity index (χ2n) is 14.5. The Morgan fingerprint density at radius 3 is 1.60 bits per heavy atom. The lowest BCUT2D eigenvalue weighted by atomic mass is 10.1. The van der Waals surface area contributed by atoms with E-state index >= 15 is 0 Å². The smallest absolute Gasteiger partial charge is 0.462 e. The maximum Gasteiger partial charge on any atom is 0.472 e. The Morgan fingerprint density at radius 2 is 1.03 bits per heavy atom. The topological polar surface area (TPSA) is 169 Å². The molecule has 0 aromatic heterocycles. The van der Waals surface area contributed by atoms with E-state index in [1.165, 1.54) is 38.5 Å². The third-order valence-electron chi connectivity index (χ3n) is 8.89. The highest BCUT2D eigenvalue weighted by molar-refractivity contribution is 7.47. The molecule has 4 atom stereocenters. The summed E-state index contributed by atoms with van der Waals surface area (Å²) in [5, 5.41) is 28.1. The van der Waals surface area contributed by atoms with Crippen molar-refractivity contribution in [1.29, 1.82) is 0 Å². The number of rotatable bonds is 40. The molecule has 0 aromatic carbocycles. The first-order valence-corrected chi connectivity index (χ1v) is 23.5. The first-order valence-electron chi connectivity index (χ1n) is 22.0. The van der Waals surface area contributed by atoms with Gasteiger partial charge in [-0.2, -0.15) is 0 Å². The summed E-state index contributed by atoms with van der Waals surface area (Å²) in [6.07, 6.45) is 43.6. The van der Waals surface area contributed by atoms with Gasteiger partial charge in [-0.05, 0) is 83.5 Å². The highest BCUT2D eigenvalue weighted by atomic mass is 31.2. The van der Waals surface area contributed by atoms with E-state index in [1.807, 2.05) is 18.2 Å². The summed E-state index contributed by atoms with van der Waals surface area (Å²) in [5.74, 6) is -1.03. The maximum absolute atomic E-state index is 12.6. The van der Waals surface area contributed by atoms with Crippen LogP contribution in [-0.4, -0.2) is 76.9 Å². The Morgan fingerprint density at radius 1 is 0.552 bits per heavy atom. The number of aliphatic hydroxyl groups excluding tert-OH is 3. The highest BCUT2D eigenvalue weighted by Crippen LogP contribution is 2.43. The molecule has 4 N–H and O–H groups in total. The van der Waals surface area contributed by atoms with Crippen LogP contribution in [0.2, 0.25) is 0 Å². The van der Waals surface area contributed by atoms with Crippen molar-refractivity contribution in [3.8, 4) is 0 Å². The van der Waals surface area contributed by atoms with Crippen molar-refractivity contribution in [2.75, 3.05) is 26.4 Å². The van der Waals surface area contributed by atoms with Crippen LogP contribution < -0.4 is 0 Å². The van der Waals surface area contributed by atoms with Crippen molar-refractivity contribution in [1.82, 2.24) is 0 Å². The minimum atomic E-state index is -4.64. The average Bonchev–Trinajstić information content (AvgIpc) is 3.20. The first-order chi connectivity index (χ1) is 28.1. The van der Waals surface area contributed by atoms with Crippen molar-refractivity contribution in [2.24, 2.45) is 0 Å². The van der Waals surface area contributed by atoms with E-state index in [2.05, 4.69) is 73.1 Å². The summed E-state index contributed by atoms with van der Waals surface area (Å²) in [6, 6.07) is 0. The van der Waals surface area contributed by atoms with E-state index in [0.717, 1.165) is 70.6 Å². The van der Waals surface area contributed by atoms with Crippen LogP contribution in [-0.2, 0) is 32.7 Å². The van der Waals surface area contributed by atoms with Crippen molar-refractivity contribution in [3.05, 3.63) is 72.9 Å².